The summed E-state index contributed by atoms with van der Waals surface area (Å²) in [6.45, 7) is 1.33. The van der Waals surface area contributed by atoms with Crippen molar-refractivity contribution in [1.29, 1.82) is 0 Å². The molecule has 1 atom stereocenters. The molecule has 184 valence electrons. The molecule has 2 fully saturated rings. The Morgan fingerprint density at radius 2 is 1.83 bits per heavy atom. The molecule has 2 aromatic carbocycles. The number of alkyl halides is 3. The van der Waals surface area contributed by atoms with E-state index in [1.807, 2.05) is 41.4 Å². The standard InChI is InChI=1S/C27H23F3N4O2/c28-27(29,30)36-22-8-3-17(4-9-22)25-32-23-14-18(5-10-24(23)34(25)21-6-7-21)26(35)33-13-11-20(16-33)19-2-1-12-31-15-19/h1-5,8-10,12,14-15,20-21H,6-7,11,13,16H2. The molecule has 9 heteroatoms. The maximum Gasteiger partial charge on any atom is 0.573 e. The Labute approximate surface area is 205 Å². The monoisotopic (exact) mass is 492 g/mol. The Morgan fingerprint density at radius 3 is 2.53 bits per heavy atom. The van der Waals surface area contributed by atoms with Crippen molar-refractivity contribution in [1.82, 2.24) is 19.4 Å². The molecular formula is C27H23F3N4O2. The van der Waals surface area contributed by atoms with E-state index in [1.165, 1.54) is 12.1 Å². The maximum atomic E-state index is 13.3. The van der Waals surface area contributed by atoms with E-state index in [0.29, 0.717) is 35.6 Å². The smallest absolute Gasteiger partial charge is 0.406 e. The average Bonchev–Trinajstić information content (AvgIpc) is 3.45. The summed E-state index contributed by atoms with van der Waals surface area (Å²) in [4.78, 5) is 24.2. The van der Waals surface area contributed by atoms with Crippen LogP contribution in [0.15, 0.2) is 67.0 Å². The van der Waals surface area contributed by atoms with Gasteiger partial charge in [0.2, 0.25) is 0 Å². The van der Waals surface area contributed by atoms with E-state index in [4.69, 9.17) is 4.98 Å². The quantitative estimate of drug-likeness (QED) is 0.345. The van der Waals surface area contributed by atoms with Gasteiger partial charge >= 0.3 is 6.36 Å². The predicted molar refractivity (Wildman–Crippen MR) is 128 cm³/mol. The number of hydrogen-bond donors (Lipinski definition) is 0. The first-order valence-electron chi connectivity index (χ1n) is 11.9. The van der Waals surface area contributed by atoms with Crippen LogP contribution < -0.4 is 4.74 Å². The first-order chi connectivity index (χ1) is 17.4. The number of nitrogens with zero attached hydrogens (tertiary/aromatic N) is 4. The Kier molecular flexibility index (Phi) is 5.43. The van der Waals surface area contributed by atoms with E-state index in [9.17, 15) is 18.0 Å². The van der Waals surface area contributed by atoms with E-state index in [0.717, 1.165) is 30.3 Å². The third-order valence-corrected chi connectivity index (χ3v) is 6.83. The molecule has 0 N–H and O–H groups in total. The van der Waals surface area contributed by atoms with Gasteiger partial charge in [-0.05, 0) is 73.4 Å². The minimum atomic E-state index is -4.74. The molecule has 1 unspecified atom stereocenters. The highest BCUT2D eigenvalue weighted by Gasteiger charge is 2.32. The van der Waals surface area contributed by atoms with Gasteiger partial charge in [-0.3, -0.25) is 9.78 Å². The van der Waals surface area contributed by atoms with Crippen molar-refractivity contribution in [3.8, 4) is 17.1 Å². The fourth-order valence-corrected chi connectivity index (χ4v) is 4.96. The van der Waals surface area contributed by atoms with Gasteiger partial charge in [0.05, 0.1) is 11.0 Å². The largest absolute Gasteiger partial charge is 0.573 e. The minimum Gasteiger partial charge on any atom is -0.406 e. The molecule has 36 heavy (non-hydrogen) atoms. The summed E-state index contributed by atoms with van der Waals surface area (Å²) >= 11 is 0. The van der Waals surface area contributed by atoms with Crippen LogP contribution in [0.5, 0.6) is 5.75 Å². The lowest BCUT2D eigenvalue weighted by molar-refractivity contribution is -0.274. The van der Waals surface area contributed by atoms with E-state index < -0.39 is 6.36 Å². The summed E-state index contributed by atoms with van der Waals surface area (Å²) in [6, 6.07) is 15.6. The van der Waals surface area contributed by atoms with Crippen molar-refractivity contribution in [2.24, 2.45) is 0 Å². The number of fused-ring (bicyclic) bond motifs is 1. The topological polar surface area (TPSA) is 60.2 Å². The molecule has 1 saturated heterocycles. The SMILES string of the molecule is O=C(c1ccc2c(c1)nc(-c1ccc(OC(F)(F)F)cc1)n2C1CC1)N1CCC(c2cccnc2)C1. The molecule has 0 radical (unpaired) electrons. The number of hydrogen-bond acceptors (Lipinski definition) is 4. The lowest BCUT2D eigenvalue weighted by Crippen LogP contribution is -2.28. The zero-order chi connectivity index (χ0) is 24.9. The van der Waals surface area contributed by atoms with Crippen LogP contribution >= 0.6 is 0 Å². The average molecular weight is 493 g/mol. The zero-order valence-electron chi connectivity index (χ0n) is 19.3. The lowest BCUT2D eigenvalue weighted by atomic mass is 10.0. The highest BCUT2D eigenvalue weighted by molar-refractivity contribution is 5.98. The van der Waals surface area contributed by atoms with Crippen molar-refractivity contribution in [2.45, 2.75) is 37.6 Å². The highest BCUT2D eigenvalue weighted by atomic mass is 19.4. The zero-order valence-corrected chi connectivity index (χ0v) is 19.3. The number of ether oxygens (including phenoxy) is 1. The second kappa shape index (κ2) is 8.65. The molecule has 1 amide bonds. The third-order valence-electron chi connectivity index (χ3n) is 6.83. The van der Waals surface area contributed by atoms with Crippen molar-refractivity contribution in [3.05, 3.63) is 78.1 Å². The van der Waals surface area contributed by atoms with Gasteiger partial charge in [-0.2, -0.15) is 0 Å². The van der Waals surface area contributed by atoms with Crippen LogP contribution in [0.3, 0.4) is 0 Å². The molecule has 3 heterocycles. The number of carbonyl (C=O) groups is 1. The van der Waals surface area contributed by atoms with Gasteiger partial charge in [0.25, 0.3) is 5.91 Å². The van der Waals surface area contributed by atoms with E-state index in [-0.39, 0.29) is 23.6 Å². The van der Waals surface area contributed by atoms with E-state index in [1.54, 1.807) is 18.3 Å². The van der Waals surface area contributed by atoms with Crippen molar-refractivity contribution >= 4 is 16.9 Å². The summed E-state index contributed by atoms with van der Waals surface area (Å²) in [7, 11) is 0. The van der Waals surface area contributed by atoms with Crippen LogP contribution in [0.4, 0.5) is 13.2 Å². The number of imidazole rings is 1. The number of rotatable bonds is 5. The van der Waals surface area contributed by atoms with Gasteiger partial charge in [-0.15, -0.1) is 13.2 Å². The number of halogens is 3. The van der Waals surface area contributed by atoms with Crippen molar-refractivity contribution in [3.63, 3.8) is 0 Å². The molecule has 1 aliphatic heterocycles. The number of amides is 1. The van der Waals surface area contributed by atoms with Gasteiger partial charge in [0.15, 0.2) is 0 Å². The summed E-state index contributed by atoms with van der Waals surface area (Å²) in [6.07, 6.45) is 1.79. The molecular weight excluding hydrogens is 469 g/mol. The van der Waals surface area contributed by atoms with Crippen LogP contribution in [0.25, 0.3) is 22.4 Å². The van der Waals surface area contributed by atoms with Crippen LogP contribution in [0.1, 0.15) is 47.1 Å². The first-order valence-corrected chi connectivity index (χ1v) is 11.9. The predicted octanol–water partition coefficient (Wildman–Crippen LogP) is 5.96. The second-order valence-electron chi connectivity index (χ2n) is 9.34. The Morgan fingerprint density at radius 1 is 1.03 bits per heavy atom. The van der Waals surface area contributed by atoms with Gasteiger partial charge in [-0.25, -0.2) is 4.98 Å². The Bertz CT molecular complexity index is 1410. The van der Waals surface area contributed by atoms with Gasteiger partial charge in [-0.1, -0.05) is 6.07 Å². The fraction of sp³-hybridized carbons (Fsp3) is 0.296. The summed E-state index contributed by atoms with van der Waals surface area (Å²) < 4.78 is 43.7. The van der Waals surface area contributed by atoms with Crippen molar-refractivity contribution in [2.75, 3.05) is 13.1 Å². The molecule has 2 aromatic heterocycles. The second-order valence-corrected chi connectivity index (χ2v) is 9.34. The first kappa shape index (κ1) is 22.6. The number of aromatic nitrogens is 3. The highest BCUT2D eigenvalue weighted by Crippen LogP contribution is 2.42. The van der Waals surface area contributed by atoms with Gasteiger partial charge in [0, 0.05) is 48.6 Å². The Hall–Kier alpha value is -3.88. The molecule has 0 spiro atoms. The lowest BCUT2D eigenvalue weighted by Gasteiger charge is -2.17. The fourth-order valence-electron chi connectivity index (χ4n) is 4.96. The van der Waals surface area contributed by atoms with Crippen LogP contribution in [-0.4, -0.2) is 44.8 Å². The normalized spacial score (nSPS) is 18.1. The summed E-state index contributed by atoms with van der Waals surface area (Å²) in [5.41, 5.74) is 4.02. The van der Waals surface area contributed by atoms with Crippen LogP contribution in [0.2, 0.25) is 0 Å². The molecule has 6 rings (SSSR count). The number of benzene rings is 2. The molecule has 6 nitrogen and oxygen atoms in total. The van der Waals surface area contributed by atoms with Gasteiger partial charge in [0.1, 0.15) is 11.6 Å². The molecule has 1 saturated carbocycles. The molecule has 0 bridgehead atoms. The molecule has 2 aliphatic rings. The Balaban J connectivity index is 1.28. The maximum absolute atomic E-state index is 13.3. The minimum absolute atomic E-state index is 0.0283. The third kappa shape index (κ3) is 4.41. The summed E-state index contributed by atoms with van der Waals surface area (Å²) in [5, 5.41) is 0. The van der Waals surface area contributed by atoms with E-state index >= 15 is 0 Å². The van der Waals surface area contributed by atoms with Gasteiger partial charge < -0.3 is 14.2 Å². The number of likely N-dealkylation sites (tertiary alicyclic amines) is 1. The van der Waals surface area contributed by atoms with Crippen LogP contribution in [-0.2, 0) is 0 Å². The molecule has 1 aliphatic carbocycles. The number of carbonyl (C=O) groups excluding carboxylic acids is 1. The van der Waals surface area contributed by atoms with E-state index in [2.05, 4.69) is 14.3 Å². The molecule has 4 aromatic rings. The summed E-state index contributed by atoms with van der Waals surface area (Å²) in [5.74, 6) is 0.646. The van der Waals surface area contributed by atoms with Crippen LogP contribution in [0, 0.1) is 0 Å². The number of pyridine rings is 1. The van der Waals surface area contributed by atoms with Crippen molar-refractivity contribution < 1.29 is 22.7 Å².